The average Bonchev–Trinajstić information content (AvgIpc) is 2.92. The Bertz CT molecular complexity index is 418. The molecule has 3 atom stereocenters. The normalized spacial score (nSPS) is 31.9. The first kappa shape index (κ1) is 10.6. The van der Waals surface area contributed by atoms with Crippen LogP contribution in [0.5, 0.6) is 0 Å². The SMILES string of the molecule is O=C(NC1CC2CCC1O2)c1cc(S)cs1. The highest BCUT2D eigenvalue weighted by atomic mass is 32.1. The molecular weight excluding hydrogens is 242 g/mol. The Balaban J connectivity index is 1.65. The fourth-order valence-corrected chi connectivity index (χ4v) is 3.53. The van der Waals surface area contributed by atoms with Gasteiger partial charge in [0.15, 0.2) is 0 Å². The van der Waals surface area contributed by atoms with Gasteiger partial charge in [-0.3, -0.25) is 4.79 Å². The van der Waals surface area contributed by atoms with Gasteiger partial charge < -0.3 is 10.1 Å². The largest absolute Gasteiger partial charge is 0.373 e. The Morgan fingerprint density at radius 2 is 2.44 bits per heavy atom. The van der Waals surface area contributed by atoms with E-state index >= 15 is 0 Å². The van der Waals surface area contributed by atoms with E-state index in [4.69, 9.17) is 4.74 Å². The molecule has 3 nitrogen and oxygen atoms in total. The molecule has 0 aromatic carbocycles. The molecule has 1 aromatic rings. The first-order chi connectivity index (χ1) is 7.72. The van der Waals surface area contributed by atoms with Gasteiger partial charge in [0.05, 0.1) is 23.1 Å². The van der Waals surface area contributed by atoms with Crippen LogP contribution in [0.15, 0.2) is 16.3 Å². The summed E-state index contributed by atoms with van der Waals surface area (Å²) in [6.45, 7) is 0. The van der Waals surface area contributed by atoms with Crippen molar-refractivity contribution in [1.82, 2.24) is 5.32 Å². The Morgan fingerprint density at radius 3 is 3.00 bits per heavy atom. The summed E-state index contributed by atoms with van der Waals surface area (Å²) in [7, 11) is 0. The fourth-order valence-electron chi connectivity index (χ4n) is 2.47. The number of nitrogens with one attached hydrogen (secondary N) is 1. The topological polar surface area (TPSA) is 38.3 Å². The van der Waals surface area contributed by atoms with E-state index in [1.807, 2.05) is 5.38 Å². The highest BCUT2D eigenvalue weighted by Gasteiger charge is 2.41. The van der Waals surface area contributed by atoms with Crippen molar-refractivity contribution in [2.24, 2.45) is 0 Å². The van der Waals surface area contributed by atoms with Crippen molar-refractivity contribution < 1.29 is 9.53 Å². The van der Waals surface area contributed by atoms with Crippen molar-refractivity contribution in [2.75, 3.05) is 0 Å². The number of ether oxygens (including phenoxy) is 1. The molecule has 0 spiro atoms. The first-order valence-electron chi connectivity index (χ1n) is 5.46. The molecule has 0 saturated carbocycles. The van der Waals surface area contributed by atoms with Crippen LogP contribution >= 0.6 is 24.0 Å². The summed E-state index contributed by atoms with van der Waals surface area (Å²) in [5.74, 6) is 0.00597. The number of fused-ring (bicyclic) bond motifs is 2. The molecule has 3 rings (SSSR count). The van der Waals surface area contributed by atoms with Crippen LogP contribution in [0.3, 0.4) is 0 Å². The fraction of sp³-hybridized carbons (Fsp3) is 0.545. The molecule has 5 heteroatoms. The van der Waals surface area contributed by atoms with Gasteiger partial charge in [0.2, 0.25) is 0 Å². The molecule has 0 radical (unpaired) electrons. The molecule has 2 bridgehead atoms. The van der Waals surface area contributed by atoms with Crippen LogP contribution in [0, 0.1) is 0 Å². The number of carbonyl (C=O) groups is 1. The quantitative estimate of drug-likeness (QED) is 0.794. The summed E-state index contributed by atoms with van der Waals surface area (Å²) in [5, 5.41) is 4.92. The third kappa shape index (κ3) is 1.87. The number of hydrogen-bond donors (Lipinski definition) is 2. The predicted octanol–water partition coefficient (Wildman–Crippen LogP) is 2.09. The van der Waals surface area contributed by atoms with Crippen molar-refractivity contribution in [3.8, 4) is 0 Å². The molecule has 86 valence electrons. The lowest BCUT2D eigenvalue weighted by molar-refractivity contribution is 0.0843. The molecule has 3 heterocycles. The number of thiophene rings is 1. The van der Waals surface area contributed by atoms with E-state index in [1.165, 1.54) is 11.3 Å². The van der Waals surface area contributed by atoms with Gasteiger partial charge in [-0.25, -0.2) is 0 Å². The second-order valence-electron chi connectivity index (χ2n) is 4.36. The third-order valence-electron chi connectivity index (χ3n) is 3.23. The van der Waals surface area contributed by atoms with Crippen molar-refractivity contribution in [3.63, 3.8) is 0 Å². The van der Waals surface area contributed by atoms with Gasteiger partial charge in [0.1, 0.15) is 0 Å². The summed E-state index contributed by atoms with van der Waals surface area (Å²) in [5.41, 5.74) is 0. The minimum atomic E-state index is 0.00597. The molecule has 2 aliphatic rings. The van der Waals surface area contributed by atoms with Crippen LogP contribution in [-0.2, 0) is 4.74 Å². The second-order valence-corrected chi connectivity index (χ2v) is 5.79. The minimum Gasteiger partial charge on any atom is -0.373 e. The lowest BCUT2D eigenvalue weighted by Crippen LogP contribution is -2.41. The van der Waals surface area contributed by atoms with Crippen LogP contribution in [-0.4, -0.2) is 24.2 Å². The Labute approximate surface area is 104 Å². The average molecular weight is 255 g/mol. The maximum Gasteiger partial charge on any atom is 0.261 e. The zero-order valence-electron chi connectivity index (χ0n) is 8.68. The van der Waals surface area contributed by atoms with E-state index in [0.29, 0.717) is 6.10 Å². The number of thiol groups is 1. The Hall–Kier alpha value is -0.520. The van der Waals surface area contributed by atoms with Gasteiger partial charge in [-0.1, -0.05) is 0 Å². The maximum absolute atomic E-state index is 11.9. The summed E-state index contributed by atoms with van der Waals surface area (Å²) < 4.78 is 5.70. The molecule has 2 fully saturated rings. The summed E-state index contributed by atoms with van der Waals surface area (Å²) in [6.07, 6.45) is 3.81. The van der Waals surface area contributed by atoms with E-state index < -0.39 is 0 Å². The highest BCUT2D eigenvalue weighted by Crippen LogP contribution is 2.34. The monoisotopic (exact) mass is 255 g/mol. The molecule has 16 heavy (non-hydrogen) atoms. The minimum absolute atomic E-state index is 0.00597. The van der Waals surface area contributed by atoms with E-state index in [2.05, 4.69) is 17.9 Å². The third-order valence-corrected chi connectivity index (χ3v) is 4.59. The number of rotatable bonds is 2. The van der Waals surface area contributed by atoms with Crippen molar-refractivity contribution in [3.05, 3.63) is 16.3 Å². The van der Waals surface area contributed by atoms with Gasteiger partial charge in [0, 0.05) is 10.3 Å². The summed E-state index contributed by atoms with van der Waals surface area (Å²) in [4.78, 5) is 13.5. The molecule has 1 aromatic heterocycles. The smallest absolute Gasteiger partial charge is 0.261 e. The molecule has 3 unspecified atom stereocenters. The van der Waals surface area contributed by atoms with Crippen LogP contribution in [0.25, 0.3) is 0 Å². The number of hydrogen-bond acceptors (Lipinski definition) is 4. The maximum atomic E-state index is 11.9. The zero-order chi connectivity index (χ0) is 11.1. The highest BCUT2D eigenvalue weighted by molar-refractivity contribution is 7.80. The standard InChI is InChI=1S/C11H13NO2S2/c13-11(10-4-7(15)5-16-10)12-8-3-6-1-2-9(8)14-6/h4-6,8-9,15H,1-3H2,(H,12,13). The van der Waals surface area contributed by atoms with E-state index in [0.717, 1.165) is 29.0 Å². The van der Waals surface area contributed by atoms with E-state index in [1.54, 1.807) is 6.07 Å². The number of carbonyl (C=O) groups excluding carboxylic acids is 1. The van der Waals surface area contributed by atoms with E-state index in [9.17, 15) is 4.79 Å². The predicted molar refractivity (Wildman–Crippen MR) is 65.3 cm³/mol. The second kappa shape index (κ2) is 4.05. The Morgan fingerprint density at radius 1 is 1.56 bits per heavy atom. The van der Waals surface area contributed by atoms with Gasteiger partial charge in [0.25, 0.3) is 5.91 Å². The van der Waals surface area contributed by atoms with Gasteiger partial charge in [-0.15, -0.1) is 24.0 Å². The Kier molecular flexibility index (Phi) is 2.69. The molecule has 1 N–H and O–H groups in total. The summed E-state index contributed by atoms with van der Waals surface area (Å²) in [6, 6.07) is 2.01. The van der Waals surface area contributed by atoms with Gasteiger partial charge in [-0.2, -0.15) is 0 Å². The van der Waals surface area contributed by atoms with Crippen molar-refractivity contribution >= 4 is 29.9 Å². The lowest BCUT2D eigenvalue weighted by atomic mass is 9.95. The lowest BCUT2D eigenvalue weighted by Gasteiger charge is -2.19. The molecule has 1 amide bonds. The first-order valence-corrected chi connectivity index (χ1v) is 6.79. The van der Waals surface area contributed by atoms with Crippen LogP contribution < -0.4 is 5.32 Å². The molecule has 0 aliphatic carbocycles. The van der Waals surface area contributed by atoms with Crippen LogP contribution in [0.1, 0.15) is 28.9 Å². The van der Waals surface area contributed by atoms with Gasteiger partial charge >= 0.3 is 0 Å². The molecule has 2 saturated heterocycles. The zero-order valence-corrected chi connectivity index (χ0v) is 10.4. The van der Waals surface area contributed by atoms with Crippen molar-refractivity contribution in [2.45, 2.75) is 42.4 Å². The molecule has 2 aliphatic heterocycles. The van der Waals surface area contributed by atoms with Crippen LogP contribution in [0.4, 0.5) is 0 Å². The molecular formula is C11H13NO2S2. The number of amides is 1. The summed E-state index contributed by atoms with van der Waals surface area (Å²) >= 11 is 5.63. The van der Waals surface area contributed by atoms with Gasteiger partial charge in [-0.05, 0) is 25.3 Å². The van der Waals surface area contributed by atoms with Crippen LogP contribution in [0.2, 0.25) is 0 Å². The van der Waals surface area contributed by atoms with Crippen molar-refractivity contribution in [1.29, 1.82) is 0 Å². The van der Waals surface area contributed by atoms with E-state index in [-0.39, 0.29) is 18.1 Å².